The Morgan fingerprint density at radius 3 is 2.12 bits per heavy atom. The number of nitrogens with one attached hydrogen (secondary N) is 2. The number of hydrazine groups is 1. The predicted molar refractivity (Wildman–Crippen MR) is 99.0 cm³/mol. The highest BCUT2D eigenvalue weighted by atomic mass is 16.2. The molecule has 0 saturated heterocycles. The summed E-state index contributed by atoms with van der Waals surface area (Å²) in [5, 5.41) is 4.58. The summed E-state index contributed by atoms with van der Waals surface area (Å²) < 4.78 is 0. The second kappa shape index (κ2) is 6.05. The van der Waals surface area contributed by atoms with Gasteiger partial charge in [-0.25, -0.2) is 0 Å². The monoisotopic (exact) mass is 312 g/mol. The molecule has 1 amide bonds. The van der Waals surface area contributed by atoms with Crippen LogP contribution >= 0.6 is 0 Å². The molecular formula is C21H16N2O. The van der Waals surface area contributed by atoms with Gasteiger partial charge in [-0.05, 0) is 46.5 Å². The van der Waals surface area contributed by atoms with Crippen LogP contribution < -0.4 is 10.9 Å². The molecule has 0 bridgehead atoms. The lowest BCUT2D eigenvalue weighted by Crippen LogP contribution is -2.29. The molecule has 0 atom stereocenters. The summed E-state index contributed by atoms with van der Waals surface area (Å²) in [6.45, 7) is 0. The van der Waals surface area contributed by atoms with Gasteiger partial charge in [0, 0.05) is 10.9 Å². The van der Waals surface area contributed by atoms with Gasteiger partial charge in [0.25, 0.3) is 5.91 Å². The van der Waals surface area contributed by atoms with Crippen LogP contribution in [0.2, 0.25) is 0 Å². The van der Waals surface area contributed by atoms with Crippen LogP contribution in [-0.4, -0.2) is 5.91 Å². The smallest absolute Gasteiger partial charge is 0.269 e. The highest BCUT2D eigenvalue weighted by Gasteiger charge is 2.06. The number of rotatable bonds is 3. The lowest BCUT2D eigenvalue weighted by Gasteiger charge is -2.12. The Bertz CT molecular complexity index is 1030. The summed E-state index contributed by atoms with van der Waals surface area (Å²) in [5.41, 5.74) is 7.32. The summed E-state index contributed by atoms with van der Waals surface area (Å²) in [7, 11) is 0. The fourth-order valence-corrected chi connectivity index (χ4v) is 2.86. The molecule has 4 aromatic rings. The second-order valence-electron chi connectivity index (χ2n) is 5.67. The molecule has 4 aromatic carbocycles. The van der Waals surface area contributed by atoms with Crippen molar-refractivity contribution in [2.45, 2.75) is 0 Å². The summed E-state index contributed by atoms with van der Waals surface area (Å²) in [5.74, 6) is -0.159. The molecule has 4 rings (SSSR count). The molecule has 0 unspecified atom stereocenters. The SMILES string of the molecule is O=C(NNc1cccc2cc3ccccc3cc12)c1ccccc1. The number of fused-ring (bicyclic) bond motifs is 2. The first-order valence-electron chi connectivity index (χ1n) is 7.84. The number of benzene rings is 4. The van der Waals surface area contributed by atoms with Gasteiger partial charge in [0.1, 0.15) is 0 Å². The van der Waals surface area contributed by atoms with E-state index >= 15 is 0 Å². The molecule has 3 heteroatoms. The minimum atomic E-state index is -0.159. The maximum Gasteiger partial charge on any atom is 0.269 e. The third kappa shape index (κ3) is 2.68. The maximum atomic E-state index is 12.2. The molecule has 2 N–H and O–H groups in total. The molecule has 0 aliphatic carbocycles. The van der Waals surface area contributed by atoms with Crippen LogP contribution in [-0.2, 0) is 0 Å². The fourth-order valence-electron chi connectivity index (χ4n) is 2.86. The van der Waals surface area contributed by atoms with Gasteiger partial charge < -0.3 is 0 Å². The first-order chi connectivity index (χ1) is 11.8. The molecule has 0 aromatic heterocycles. The lowest BCUT2D eigenvalue weighted by atomic mass is 10.0. The van der Waals surface area contributed by atoms with Crippen molar-refractivity contribution in [1.29, 1.82) is 0 Å². The summed E-state index contributed by atoms with van der Waals surface area (Å²) in [4.78, 5) is 12.2. The zero-order chi connectivity index (χ0) is 16.4. The summed E-state index contributed by atoms with van der Waals surface area (Å²) in [6.07, 6.45) is 0. The summed E-state index contributed by atoms with van der Waals surface area (Å²) in [6, 6.07) is 27.7. The number of hydrogen-bond donors (Lipinski definition) is 2. The van der Waals surface area contributed by atoms with E-state index in [0.717, 1.165) is 16.5 Å². The first-order valence-corrected chi connectivity index (χ1v) is 7.84. The van der Waals surface area contributed by atoms with E-state index in [-0.39, 0.29) is 5.91 Å². The van der Waals surface area contributed by atoms with E-state index in [9.17, 15) is 4.79 Å². The molecule has 24 heavy (non-hydrogen) atoms. The highest BCUT2D eigenvalue weighted by Crippen LogP contribution is 2.28. The Balaban J connectivity index is 1.66. The zero-order valence-electron chi connectivity index (χ0n) is 13.0. The normalized spacial score (nSPS) is 10.7. The van der Waals surface area contributed by atoms with E-state index in [1.165, 1.54) is 10.8 Å². The number of anilines is 1. The number of amides is 1. The average Bonchev–Trinajstić information content (AvgIpc) is 2.65. The van der Waals surface area contributed by atoms with Crippen molar-refractivity contribution in [2.24, 2.45) is 0 Å². The molecule has 3 nitrogen and oxygen atoms in total. The maximum absolute atomic E-state index is 12.2. The van der Waals surface area contributed by atoms with E-state index in [1.807, 2.05) is 42.5 Å². The molecule has 0 aliphatic heterocycles. The highest BCUT2D eigenvalue weighted by molar-refractivity contribution is 6.04. The van der Waals surface area contributed by atoms with Gasteiger partial charge in [0.15, 0.2) is 0 Å². The quantitative estimate of drug-likeness (QED) is 0.423. The second-order valence-corrected chi connectivity index (χ2v) is 5.67. The van der Waals surface area contributed by atoms with E-state index in [1.54, 1.807) is 12.1 Å². The third-order valence-corrected chi connectivity index (χ3v) is 4.09. The number of hydrogen-bond acceptors (Lipinski definition) is 2. The van der Waals surface area contributed by atoms with Gasteiger partial charge in [0.05, 0.1) is 5.69 Å². The molecule has 116 valence electrons. The third-order valence-electron chi connectivity index (χ3n) is 4.09. The van der Waals surface area contributed by atoms with Gasteiger partial charge in [-0.1, -0.05) is 54.6 Å². The standard InChI is InChI=1S/C21H16N2O/c24-21(15-7-2-1-3-8-15)23-22-20-12-6-11-18-13-16-9-4-5-10-17(16)14-19(18)20/h1-14,22H,(H,23,24). The van der Waals surface area contributed by atoms with Gasteiger partial charge in [-0.2, -0.15) is 0 Å². The Hall–Kier alpha value is -3.33. The molecule has 0 saturated carbocycles. The van der Waals surface area contributed by atoms with Gasteiger partial charge >= 0.3 is 0 Å². The largest absolute Gasteiger partial charge is 0.298 e. The van der Waals surface area contributed by atoms with Crippen molar-refractivity contribution >= 4 is 33.1 Å². The van der Waals surface area contributed by atoms with Crippen LogP contribution in [0, 0.1) is 0 Å². The average molecular weight is 312 g/mol. The van der Waals surface area contributed by atoms with Crippen LogP contribution in [0.3, 0.4) is 0 Å². The van der Waals surface area contributed by atoms with Crippen LogP contribution in [0.4, 0.5) is 5.69 Å². The van der Waals surface area contributed by atoms with E-state index < -0.39 is 0 Å². The van der Waals surface area contributed by atoms with E-state index in [0.29, 0.717) is 5.56 Å². The Kier molecular flexibility index (Phi) is 3.60. The van der Waals surface area contributed by atoms with Gasteiger partial charge in [0.2, 0.25) is 0 Å². The molecule has 0 heterocycles. The predicted octanol–water partition coefficient (Wildman–Crippen LogP) is 4.75. The summed E-state index contributed by atoms with van der Waals surface area (Å²) >= 11 is 0. The Labute approximate surface area is 139 Å². The molecule has 0 spiro atoms. The van der Waals surface area contributed by atoms with Crippen LogP contribution in [0.1, 0.15) is 10.4 Å². The zero-order valence-corrected chi connectivity index (χ0v) is 13.0. The first kappa shape index (κ1) is 14.3. The molecular weight excluding hydrogens is 296 g/mol. The minimum absolute atomic E-state index is 0.159. The van der Waals surface area contributed by atoms with Crippen molar-refractivity contribution in [2.75, 3.05) is 5.43 Å². The van der Waals surface area contributed by atoms with Crippen molar-refractivity contribution in [3.05, 3.63) is 90.5 Å². The number of carbonyl (C=O) groups excluding carboxylic acids is 1. The van der Waals surface area contributed by atoms with Gasteiger partial charge in [-0.3, -0.25) is 15.6 Å². The molecule has 0 aliphatic rings. The van der Waals surface area contributed by atoms with Crippen LogP contribution in [0.5, 0.6) is 0 Å². The minimum Gasteiger partial charge on any atom is -0.298 e. The molecule has 0 radical (unpaired) electrons. The van der Waals surface area contributed by atoms with Crippen molar-refractivity contribution < 1.29 is 4.79 Å². The molecule has 0 fully saturated rings. The Morgan fingerprint density at radius 1 is 0.667 bits per heavy atom. The van der Waals surface area contributed by atoms with Gasteiger partial charge in [-0.15, -0.1) is 0 Å². The fraction of sp³-hybridized carbons (Fsp3) is 0. The van der Waals surface area contributed by atoms with Crippen molar-refractivity contribution in [1.82, 2.24) is 5.43 Å². The Morgan fingerprint density at radius 2 is 1.33 bits per heavy atom. The van der Waals surface area contributed by atoms with Crippen LogP contribution in [0.15, 0.2) is 84.9 Å². The topological polar surface area (TPSA) is 41.1 Å². The van der Waals surface area contributed by atoms with E-state index in [2.05, 4.69) is 41.2 Å². The lowest BCUT2D eigenvalue weighted by molar-refractivity contribution is 0.0962. The van der Waals surface area contributed by atoms with Crippen molar-refractivity contribution in [3.8, 4) is 0 Å². The van der Waals surface area contributed by atoms with Crippen molar-refractivity contribution in [3.63, 3.8) is 0 Å². The van der Waals surface area contributed by atoms with E-state index in [4.69, 9.17) is 0 Å². The van der Waals surface area contributed by atoms with Crippen LogP contribution in [0.25, 0.3) is 21.5 Å². The number of carbonyl (C=O) groups is 1.